The number of imidazole rings is 1. The van der Waals surface area contributed by atoms with Gasteiger partial charge in [0.15, 0.2) is 0 Å². The Hall–Kier alpha value is -3.60. The third kappa shape index (κ3) is 4.11. The van der Waals surface area contributed by atoms with E-state index in [2.05, 4.69) is 55.7 Å². The molecule has 0 bridgehead atoms. The van der Waals surface area contributed by atoms with Gasteiger partial charge in [-0.1, -0.05) is 48.0 Å². The molecule has 0 saturated carbocycles. The number of hydrogen-bond acceptors (Lipinski definition) is 3. The first-order chi connectivity index (χ1) is 16.0. The fourth-order valence-electron chi connectivity index (χ4n) is 4.86. The lowest BCUT2D eigenvalue weighted by Crippen LogP contribution is -2.26. The number of benzene rings is 3. The lowest BCUT2D eigenvalue weighted by molar-refractivity contribution is -0.117. The van der Waals surface area contributed by atoms with Gasteiger partial charge in [0.1, 0.15) is 18.2 Å². The molecule has 1 aromatic heterocycles. The molecular weight excluding hydrogens is 410 g/mol. The van der Waals surface area contributed by atoms with Gasteiger partial charge in [0.05, 0.1) is 17.6 Å². The Morgan fingerprint density at radius 3 is 2.42 bits per heavy atom. The minimum atomic E-state index is 0.0447. The Labute approximate surface area is 194 Å². The molecule has 1 atom stereocenters. The zero-order valence-electron chi connectivity index (χ0n) is 19.4. The summed E-state index contributed by atoms with van der Waals surface area (Å²) in [6.45, 7) is 8.07. The van der Waals surface area contributed by atoms with Gasteiger partial charge in [0.2, 0.25) is 5.91 Å². The molecule has 33 heavy (non-hydrogen) atoms. The molecule has 5 heteroatoms. The van der Waals surface area contributed by atoms with Crippen molar-refractivity contribution in [2.75, 3.05) is 18.1 Å². The molecule has 5 nitrogen and oxygen atoms in total. The normalized spacial score (nSPS) is 16.0. The van der Waals surface area contributed by atoms with Gasteiger partial charge in [-0.2, -0.15) is 0 Å². The number of ether oxygens (including phenoxy) is 1. The van der Waals surface area contributed by atoms with Crippen LogP contribution in [-0.2, 0) is 11.3 Å². The summed E-state index contributed by atoms with van der Waals surface area (Å²) in [4.78, 5) is 20.0. The van der Waals surface area contributed by atoms with E-state index in [1.807, 2.05) is 41.3 Å². The first kappa shape index (κ1) is 21.3. The smallest absolute Gasteiger partial charge is 0.227 e. The maximum atomic E-state index is 13.1. The van der Waals surface area contributed by atoms with Crippen molar-refractivity contribution in [2.24, 2.45) is 0 Å². The van der Waals surface area contributed by atoms with E-state index in [4.69, 9.17) is 9.72 Å². The topological polar surface area (TPSA) is 47.4 Å². The molecule has 4 aromatic rings. The summed E-state index contributed by atoms with van der Waals surface area (Å²) in [6.07, 6.45) is 0.468. The Bertz CT molecular complexity index is 1290. The number of aryl methyl sites for hydroxylation is 3. The molecule has 0 unspecified atom stereocenters. The minimum absolute atomic E-state index is 0.0447. The fourth-order valence-corrected chi connectivity index (χ4v) is 4.86. The predicted octanol–water partition coefficient (Wildman–Crippen LogP) is 5.56. The predicted molar refractivity (Wildman–Crippen MR) is 132 cm³/mol. The minimum Gasteiger partial charge on any atom is -0.492 e. The summed E-state index contributed by atoms with van der Waals surface area (Å²) < 4.78 is 8.25. The molecule has 1 amide bonds. The van der Waals surface area contributed by atoms with Crippen LogP contribution in [-0.4, -0.2) is 28.6 Å². The maximum absolute atomic E-state index is 13.1. The van der Waals surface area contributed by atoms with Crippen LogP contribution < -0.4 is 9.64 Å². The number of amides is 1. The van der Waals surface area contributed by atoms with Gasteiger partial charge >= 0.3 is 0 Å². The summed E-state index contributed by atoms with van der Waals surface area (Å²) in [5.74, 6) is 2.03. The zero-order valence-corrected chi connectivity index (χ0v) is 19.4. The van der Waals surface area contributed by atoms with Crippen molar-refractivity contribution in [1.29, 1.82) is 0 Å². The van der Waals surface area contributed by atoms with Crippen LogP contribution in [0.15, 0.2) is 66.7 Å². The molecule has 0 radical (unpaired) electrons. The van der Waals surface area contributed by atoms with E-state index in [0.29, 0.717) is 26.1 Å². The summed E-state index contributed by atoms with van der Waals surface area (Å²) in [6, 6.07) is 22.5. The Balaban J connectivity index is 1.42. The van der Waals surface area contributed by atoms with Gasteiger partial charge < -0.3 is 14.2 Å². The van der Waals surface area contributed by atoms with Gasteiger partial charge in [0, 0.05) is 24.6 Å². The lowest BCUT2D eigenvalue weighted by Gasteiger charge is -2.21. The molecule has 1 saturated heterocycles. The Kier molecular flexibility index (Phi) is 5.63. The number of hydrogen-bond donors (Lipinski definition) is 0. The highest BCUT2D eigenvalue weighted by molar-refractivity contribution is 5.98. The van der Waals surface area contributed by atoms with Gasteiger partial charge in [-0.05, 0) is 56.2 Å². The number of aromatic nitrogens is 2. The highest BCUT2D eigenvalue weighted by Crippen LogP contribution is 2.36. The van der Waals surface area contributed by atoms with Crippen molar-refractivity contribution < 1.29 is 9.53 Å². The number of anilines is 1. The molecule has 0 spiro atoms. The van der Waals surface area contributed by atoms with Gasteiger partial charge in [0.25, 0.3) is 0 Å². The zero-order chi connectivity index (χ0) is 22.9. The molecule has 168 valence electrons. The van der Waals surface area contributed by atoms with Crippen LogP contribution in [0, 0.1) is 20.8 Å². The Morgan fingerprint density at radius 2 is 1.67 bits per heavy atom. The summed E-state index contributed by atoms with van der Waals surface area (Å²) in [5.41, 5.74) is 6.55. The molecule has 1 aliphatic rings. The standard InChI is InChI=1S/C28H29N3O2/c1-19-11-13-23(14-12-19)33-16-15-30-25-10-5-4-9-24(25)29-28(30)22-17-26(32)31(18-22)27-20(2)7-6-8-21(27)3/h4-14,22H,15-18H2,1-3H3/t22-/m0/s1. The number of carbonyl (C=O) groups excluding carboxylic acids is 1. The molecule has 2 heterocycles. The van der Waals surface area contributed by atoms with Crippen molar-refractivity contribution in [3.05, 3.63) is 89.2 Å². The van der Waals surface area contributed by atoms with E-state index in [1.54, 1.807) is 0 Å². The fraction of sp³-hybridized carbons (Fsp3) is 0.286. The second-order valence-electron chi connectivity index (χ2n) is 8.92. The monoisotopic (exact) mass is 439 g/mol. The van der Waals surface area contributed by atoms with Crippen molar-refractivity contribution in [3.8, 4) is 5.75 Å². The first-order valence-corrected chi connectivity index (χ1v) is 11.5. The largest absolute Gasteiger partial charge is 0.492 e. The van der Waals surface area contributed by atoms with Gasteiger partial charge in [-0.15, -0.1) is 0 Å². The van der Waals surface area contributed by atoms with Gasteiger partial charge in [-0.3, -0.25) is 4.79 Å². The molecular formula is C28H29N3O2. The second-order valence-corrected chi connectivity index (χ2v) is 8.92. The number of rotatable bonds is 6. The second kappa shape index (κ2) is 8.74. The third-order valence-electron chi connectivity index (χ3n) is 6.49. The van der Waals surface area contributed by atoms with Crippen molar-refractivity contribution in [1.82, 2.24) is 9.55 Å². The summed E-state index contributed by atoms with van der Waals surface area (Å²) in [7, 11) is 0. The lowest BCUT2D eigenvalue weighted by atomic mass is 10.1. The van der Waals surface area contributed by atoms with Crippen molar-refractivity contribution in [2.45, 2.75) is 39.7 Å². The van der Waals surface area contributed by atoms with Crippen LogP contribution in [0.25, 0.3) is 11.0 Å². The molecule has 1 aliphatic heterocycles. The quantitative estimate of drug-likeness (QED) is 0.395. The third-order valence-corrected chi connectivity index (χ3v) is 6.49. The van der Waals surface area contributed by atoms with E-state index in [0.717, 1.165) is 39.4 Å². The average molecular weight is 440 g/mol. The van der Waals surface area contributed by atoms with Crippen LogP contribution in [0.3, 0.4) is 0 Å². The van der Waals surface area contributed by atoms with Gasteiger partial charge in [-0.25, -0.2) is 4.98 Å². The Morgan fingerprint density at radius 1 is 0.939 bits per heavy atom. The molecule has 5 rings (SSSR count). The summed E-state index contributed by atoms with van der Waals surface area (Å²) >= 11 is 0. The SMILES string of the molecule is Cc1ccc(OCCn2c([C@H]3CC(=O)N(c4c(C)cccc4C)C3)nc3ccccc32)cc1. The highest BCUT2D eigenvalue weighted by Gasteiger charge is 2.35. The molecule has 0 N–H and O–H groups in total. The molecule has 1 fully saturated rings. The van der Waals surface area contributed by atoms with Crippen LogP contribution >= 0.6 is 0 Å². The summed E-state index contributed by atoms with van der Waals surface area (Å²) in [5, 5.41) is 0. The number of nitrogens with zero attached hydrogens (tertiary/aromatic N) is 3. The van der Waals surface area contributed by atoms with E-state index < -0.39 is 0 Å². The van der Waals surface area contributed by atoms with Crippen LogP contribution in [0.2, 0.25) is 0 Å². The van der Waals surface area contributed by atoms with E-state index >= 15 is 0 Å². The number of para-hydroxylation sites is 3. The van der Waals surface area contributed by atoms with Crippen LogP contribution in [0.5, 0.6) is 5.75 Å². The molecule has 0 aliphatic carbocycles. The van der Waals surface area contributed by atoms with E-state index in [-0.39, 0.29) is 11.8 Å². The van der Waals surface area contributed by atoms with E-state index in [1.165, 1.54) is 5.56 Å². The first-order valence-electron chi connectivity index (χ1n) is 11.5. The number of fused-ring (bicyclic) bond motifs is 1. The highest BCUT2D eigenvalue weighted by atomic mass is 16.5. The molecule has 3 aromatic carbocycles. The van der Waals surface area contributed by atoms with Crippen molar-refractivity contribution in [3.63, 3.8) is 0 Å². The average Bonchev–Trinajstić information content (AvgIpc) is 3.36. The maximum Gasteiger partial charge on any atom is 0.227 e. The van der Waals surface area contributed by atoms with Crippen LogP contribution in [0.4, 0.5) is 5.69 Å². The van der Waals surface area contributed by atoms with Crippen LogP contribution in [0.1, 0.15) is 34.9 Å². The van der Waals surface area contributed by atoms with Crippen molar-refractivity contribution >= 4 is 22.6 Å². The number of carbonyl (C=O) groups is 1. The van der Waals surface area contributed by atoms with E-state index in [9.17, 15) is 4.79 Å².